The highest BCUT2D eigenvalue weighted by Gasteiger charge is 2.11. The molecular formula is C18H24N2O6. The minimum atomic E-state index is -0.722. The Morgan fingerprint density at radius 1 is 1.19 bits per heavy atom. The number of benzene rings is 1. The maximum atomic E-state index is 11.7. The molecule has 0 bridgehead atoms. The van der Waals surface area contributed by atoms with Crippen molar-refractivity contribution >= 4 is 24.0 Å². The number of esters is 1. The Bertz CT molecular complexity index is 672. The summed E-state index contributed by atoms with van der Waals surface area (Å²) in [7, 11) is 3.04. The van der Waals surface area contributed by atoms with Crippen LogP contribution in [0.2, 0.25) is 0 Å². The second-order valence-electron chi connectivity index (χ2n) is 5.38. The Labute approximate surface area is 152 Å². The van der Waals surface area contributed by atoms with Crippen molar-refractivity contribution in [2.75, 3.05) is 20.8 Å². The first kappa shape index (κ1) is 21.0. The lowest BCUT2D eigenvalue weighted by Crippen LogP contribution is -2.44. The highest BCUT2D eigenvalue weighted by Crippen LogP contribution is 2.25. The molecule has 8 nitrogen and oxygen atoms in total. The number of urea groups is 1. The molecule has 1 rings (SSSR count). The average molecular weight is 364 g/mol. The van der Waals surface area contributed by atoms with Gasteiger partial charge in [-0.3, -0.25) is 10.1 Å². The van der Waals surface area contributed by atoms with Crippen molar-refractivity contribution in [3.63, 3.8) is 0 Å². The third-order valence-corrected chi connectivity index (χ3v) is 3.43. The SMILES string of the molecule is CC[C@H](C)NC(=O)NC(=O)COC(=O)/C=C/c1ccc(OC)cc1OC. The van der Waals surface area contributed by atoms with Gasteiger partial charge in [0.1, 0.15) is 11.5 Å². The first-order valence-corrected chi connectivity index (χ1v) is 8.06. The summed E-state index contributed by atoms with van der Waals surface area (Å²) in [6.45, 7) is 3.15. The summed E-state index contributed by atoms with van der Waals surface area (Å²) in [5.41, 5.74) is 0.641. The van der Waals surface area contributed by atoms with Gasteiger partial charge in [0.05, 0.1) is 14.2 Å². The van der Waals surface area contributed by atoms with Gasteiger partial charge < -0.3 is 19.5 Å². The van der Waals surface area contributed by atoms with E-state index in [2.05, 4.69) is 10.6 Å². The van der Waals surface area contributed by atoms with Gasteiger partial charge in [0, 0.05) is 23.7 Å². The van der Waals surface area contributed by atoms with Gasteiger partial charge in [-0.25, -0.2) is 9.59 Å². The summed E-state index contributed by atoms with van der Waals surface area (Å²) in [5, 5.41) is 4.65. The lowest BCUT2D eigenvalue weighted by molar-refractivity contribution is -0.143. The van der Waals surface area contributed by atoms with Gasteiger partial charge in [-0.05, 0) is 31.6 Å². The van der Waals surface area contributed by atoms with Crippen LogP contribution in [0.4, 0.5) is 4.79 Å². The predicted octanol–water partition coefficient (Wildman–Crippen LogP) is 1.88. The number of ether oxygens (including phenoxy) is 3. The zero-order chi connectivity index (χ0) is 19.5. The summed E-state index contributed by atoms with van der Waals surface area (Å²) >= 11 is 0. The van der Waals surface area contributed by atoms with Crippen LogP contribution in [0, 0.1) is 0 Å². The summed E-state index contributed by atoms with van der Waals surface area (Å²) in [6, 6.07) is 4.42. The van der Waals surface area contributed by atoms with E-state index in [0.29, 0.717) is 17.1 Å². The molecule has 0 radical (unpaired) electrons. The smallest absolute Gasteiger partial charge is 0.331 e. The number of carbonyl (C=O) groups excluding carboxylic acids is 3. The van der Waals surface area contributed by atoms with Crippen LogP contribution < -0.4 is 20.1 Å². The Hall–Kier alpha value is -3.03. The normalized spacial score (nSPS) is 11.5. The molecule has 0 heterocycles. The first-order chi connectivity index (χ1) is 12.4. The van der Waals surface area contributed by atoms with Gasteiger partial charge in [-0.1, -0.05) is 6.92 Å². The highest BCUT2D eigenvalue weighted by atomic mass is 16.5. The number of amides is 3. The number of imide groups is 1. The van der Waals surface area contributed by atoms with E-state index in [1.807, 2.05) is 13.8 Å². The fourth-order valence-corrected chi connectivity index (χ4v) is 1.82. The number of nitrogens with one attached hydrogen (secondary N) is 2. The van der Waals surface area contributed by atoms with E-state index in [0.717, 1.165) is 12.5 Å². The molecule has 0 aromatic heterocycles. The molecule has 8 heteroatoms. The second-order valence-corrected chi connectivity index (χ2v) is 5.38. The molecule has 0 spiro atoms. The van der Waals surface area contributed by atoms with Crippen molar-refractivity contribution in [2.45, 2.75) is 26.3 Å². The molecule has 142 valence electrons. The van der Waals surface area contributed by atoms with Gasteiger partial charge >= 0.3 is 12.0 Å². The van der Waals surface area contributed by atoms with Crippen LogP contribution in [-0.2, 0) is 14.3 Å². The van der Waals surface area contributed by atoms with Crippen molar-refractivity contribution in [2.24, 2.45) is 0 Å². The van der Waals surface area contributed by atoms with E-state index in [1.54, 1.807) is 18.2 Å². The van der Waals surface area contributed by atoms with Crippen LogP contribution in [-0.4, -0.2) is 44.8 Å². The second kappa shape index (κ2) is 10.8. The molecule has 0 aliphatic carbocycles. The quantitative estimate of drug-likeness (QED) is 0.539. The van der Waals surface area contributed by atoms with Crippen molar-refractivity contribution in [3.05, 3.63) is 29.8 Å². The largest absolute Gasteiger partial charge is 0.497 e. The van der Waals surface area contributed by atoms with Gasteiger partial charge in [0.25, 0.3) is 5.91 Å². The number of rotatable bonds is 8. The van der Waals surface area contributed by atoms with Gasteiger partial charge in [0.2, 0.25) is 0 Å². The zero-order valence-electron chi connectivity index (χ0n) is 15.3. The molecule has 0 saturated carbocycles. The van der Waals surface area contributed by atoms with E-state index < -0.39 is 24.5 Å². The van der Waals surface area contributed by atoms with Crippen LogP contribution in [0.3, 0.4) is 0 Å². The van der Waals surface area contributed by atoms with Crippen molar-refractivity contribution in [3.8, 4) is 11.5 Å². The Morgan fingerprint density at radius 2 is 1.92 bits per heavy atom. The van der Waals surface area contributed by atoms with E-state index in [9.17, 15) is 14.4 Å². The average Bonchev–Trinajstić information content (AvgIpc) is 2.64. The maximum absolute atomic E-state index is 11.7. The molecule has 26 heavy (non-hydrogen) atoms. The summed E-state index contributed by atoms with van der Waals surface area (Å²) < 4.78 is 15.1. The molecule has 0 unspecified atom stereocenters. The Morgan fingerprint density at radius 3 is 2.54 bits per heavy atom. The Balaban J connectivity index is 2.50. The number of carbonyl (C=O) groups is 3. The Kier molecular flexibility index (Phi) is 8.69. The fourth-order valence-electron chi connectivity index (χ4n) is 1.82. The third kappa shape index (κ3) is 7.25. The van der Waals surface area contributed by atoms with Crippen molar-refractivity contribution < 1.29 is 28.6 Å². The van der Waals surface area contributed by atoms with Gasteiger partial charge in [-0.15, -0.1) is 0 Å². The molecule has 0 aliphatic rings. The standard InChI is InChI=1S/C18H24N2O6/c1-5-12(2)19-18(23)20-16(21)11-26-17(22)9-7-13-6-8-14(24-3)10-15(13)25-4/h6-10,12H,5,11H2,1-4H3,(H2,19,20,21,23)/b9-7+/t12-/m0/s1. The van der Waals surface area contributed by atoms with Crippen LogP contribution >= 0.6 is 0 Å². The van der Waals surface area contributed by atoms with Crippen molar-refractivity contribution in [1.29, 1.82) is 0 Å². The minimum absolute atomic E-state index is 0.0623. The lowest BCUT2D eigenvalue weighted by atomic mass is 10.2. The van der Waals surface area contributed by atoms with E-state index in [1.165, 1.54) is 20.3 Å². The summed E-state index contributed by atoms with van der Waals surface area (Å²) in [6.07, 6.45) is 3.39. The van der Waals surface area contributed by atoms with E-state index >= 15 is 0 Å². The van der Waals surface area contributed by atoms with E-state index in [-0.39, 0.29) is 6.04 Å². The predicted molar refractivity (Wildman–Crippen MR) is 96.0 cm³/mol. The van der Waals surface area contributed by atoms with Gasteiger partial charge in [-0.2, -0.15) is 0 Å². The summed E-state index contributed by atoms with van der Waals surface area (Å²) in [4.78, 5) is 34.7. The molecule has 1 atom stereocenters. The first-order valence-electron chi connectivity index (χ1n) is 8.06. The molecule has 2 N–H and O–H groups in total. The fraction of sp³-hybridized carbons (Fsp3) is 0.389. The number of hydrogen-bond acceptors (Lipinski definition) is 6. The topological polar surface area (TPSA) is 103 Å². The summed E-state index contributed by atoms with van der Waals surface area (Å²) in [5.74, 6) is -0.295. The number of hydrogen-bond donors (Lipinski definition) is 2. The highest BCUT2D eigenvalue weighted by molar-refractivity contribution is 5.96. The zero-order valence-corrected chi connectivity index (χ0v) is 15.3. The molecule has 3 amide bonds. The van der Waals surface area contributed by atoms with Crippen LogP contribution in [0.15, 0.2) is 24.3 Å². The maximum Gasteiger partial charge on any atom is 0.331 e. The monoisotopic (exact) mass is 364 g/mol. The van der Waals surface area contributed by atoms with Crippen LogP contribution in [0.5, 0.6) is 11.5 Å². The minimum Gasteiger partial charge on any atom is -0.497 e. The third-order valence-electron chi connectivity index (χ3n) is 3.43. The molecule has 1 aromatic carbocycles. The molecule has 1 aromatic rings. The van der Waals surface area contributed by atoms with Gasteiger partial charge in [0.15, 0.2) is 6.61 Å². The van der Waals surface area contributed by atoms with E-state index in [4.69, 9.17) is 14.2 Å². The van der Waals surface area contributed by atoms with Crippen LogP contribution in [0.1, 0.15) is 25.8 Å². The van der Waals surface area contributed by atoms with Crippen molar-refractivity contribution in [1.82, 2.24) is 10.6 Å². The lowest BCUT2D eigenvalue weighted by Gasteiger charge is -2.11. The molecular weight excluding hydrogens is 340 g/mol. The molecule has 0 saturated heterocycles. The molecule has 0 aliphatic heterocycles. The van der Waals surface area contributed by atoms with Crippen LogP contribution in [0.25, 0.3) is 6.08 Å². The molecule has 0 fully saturated rings. The number of methoxy groups -OCH3 is 2.